The Morgan fingerprint density at radius 3 is 2.45 bits per heavy atom. The first-order valence-electron chi connectivity index (χ1n) is 15.7. The molecule has 256 valence electrons. The molecule has 2 aliphatic rings. The number of carboxylic acid groups (broad SMARTS) is 1. The van der Waals surface area contributed by atoms with Gasteiger partial charge in [0, 0.05) is 30.4 Å². The van der Waals surface area contributed by atoms with Gasteiger partial charge in [-0.05, 0) is 79.4 Å². The molecule has 1 amide bonds. The molecule has 0 radical (unpaired) electrons. The number of carbonyl (C=O) groups is 2. The number of morpholine rings is 1. The molecule has 0 aliphatic carbocycles. The van der Waals surface area contributed by atoms with Gasteiger partial charge in [0.2, 0.25) is 5.95 Å². The molecule has 0 bridgehead atoms. The van der Waals surface area contributed by atoms with Gasteiger partial charge in [-0.1, -0.05) is 23.8 Å². The van der Waals surface area contributed by atoms with Crippen LogP contribution < -0.4 is 9.64 Å². The monoisotopic (exact) mass is 676 g/mol. The largest absolute Gasteiger partial charge is 0.496 e. The molecular formula is C36H35F3N4O6. The molecule has 2 fully saturated rings. The molecule has 2 aliphatic heterocycles. The molecular weight excluding hydrogens is 641 g/mol. The van der Waals surface area contributed by atoms with Gasteiger partial charge in [-0.25, -0.2) is 19.6 Å². The summed E-state index contributed by atoms with van der Waals surface area (Å²) >= 11 is 0. The van der Waals surface area contributed by atoms with E-state index in [2.05, 4.69) is 4.98 Å². The number of anilines is 1. The lowest BCUT2D eigenvalue weighted by molar-refractivity contribution is -0.137. The summed E-state index contributed by atoms with van der Waals surface area (Å²) in [6, 6.07) is 13.5. The van der Waals surface area contributed by atoms with Crippen LogP contribution >= 0.6 is 0 Å². The number of aryl methyl sites for hydroxylation is 2. The molecule has 1 aromatic heterocycles. The molecule has 10 nitrogen and oxygen atoms in total. The number of ether oxygens (including phenoxy) is 3. The zero-order valence-electron chi connectivity index (χ0n) is 27.4. The molecule has 2 atom stereocenters. The van der Waals surface area contributed by atoms with Crippen LogP contribution in [-0.2, 0) is 22.2 Å². The highest BCUT2D eigenvalue weighted by atomic mass is 19.4. The number of aromatic carboxylic acids is 1. The van der Waals surface area contributed by atoms with Crippen molar-refractivity contribution in [2.45, 2.75) is 45.6 Å². The SMILES string of the molecule is COc1ccc(-c2ccc(C(=O)O)cc2C)cc1-c1cnc(N2CCOCC2)nc1CN1C(=O)O[C@H](c2cc(C)cc(C(F)(F)F)c2)[C@@H]1C. The quantitative estimate of drug-likeness (QED) is 0.209. The lowest BCUT2D eigenvalue weighted by Crippen LogP contribution is -2.38. The molecule has 2 saturated heterocycles. The number of methoxy groups -OCH3 is 1. The van der Waals surface area contributed by atoms with Gasteiger partial charge in [0.05, 0.1) is 49.7 Å². The molecule has 49 heavy (non-hydrogen) atoms. The van der Waals surface area contributed by atoms with Crippen molar-refractivity contribution in [1.29, 1.82) is 0 Å². The van der Waals surface area contributed by atoms with Crippen molar-refractivity contribution in [2.24, 2.45) is 0 Å². The Morgan fingerprint density at radius 1 is 1.02 bits per heavy atom. The number of amides is 1. The molecule has 3 heterocycles. The van der Waals surface area contributed by atoms with Crippen LogP contribution in [0.15, 0.2) is 60.8 Å². The first kappa shape index (κ1) is 33.7. The third-order valence-electron chi connectivity index (χ3n) is 8.89. The average Bonchev–Trinajstić information content (AvgIpc) is 3.36. The Bertz CT molecular complexity index is 1910. The normalized spacial score (nSPS) is 18.1. The number of halogens is 3. The average molecular weight is 677 g/mol. The minimum Gasteiger partial charge on any atom is -0.496 e. The molecule has 13 heteroatoms. The number of alkyl halides is 3. The molecule has 0 spiro atoms. The van der Waals surface area contributed by atoms with Gasteiger partial charge in [0.15, 0.2) is 0 Å². The summed E-state index contributed by atoms with van der Waals surface area (Å²) < 4.78 is 57.9. The Morgan fingerprint density at radius 2 is 1.78 bits per heavy atom. The van der Waals surface area contributed by atoms with Gasteiger partial charge in [-0.15, -0.1) is 0 Å². The van der Waals surface area contributed by atoms with Crippen LogP contribution in [0.3, 0.4) is 0 Å². The predicted octanol–water partition coefficient (Wildman–Crippen LogP) is 7.07. The van der Waals surface area contributed by atoms with Crippen molar-refractivity contribution >= 4 is 18.0 Å². The Kier molecular flexibility index (Phi) is 9.21. The maximum atomic E-state index is 13.7. The Labute approximate surface area is 281 Å². The van der Waals surface area contributed by atoms with Crippen molar-refractivity contribution in [3.63, 3.8) is 0 Å². The van der Waals surface area contributed by atoms with E-state index in [0.717, 1.165) is 28.8 Å². The number of benzene rings is 3. The van der Waals surface area contributed by atoms with E-state index in [1.807, 2.05) is 24.0 Å². The molecule has 3 aromatic carbocycles. The Balaban J connectivity index is 1.41. The minimum atomic E-state index is -4.55. The number of rotatable bonds is 8. The highest BCUT2D eigenvalue weighted by Crippen LogP contribution is 2.40. The highest BCUT2D eigenvalue weighted by Gasteiger charge is 2.42. The van der Waals surface area contributed by atoms with Gasteiger partial charge in [0.25, 0.3) is 0 Å². The standard InChI is InChI=1S/C36H35F3N4O6/c1-20-13-25(16-26(14-20)36(37,38)39)32-22(3)43(35(46)49-32)19-30-29(18-40-34(41-30)42-9-11-48-12-10-42)28-17-23(6-8-31(28)47-4)27-7-5-24(33(44)45)15-21(27)2/h5-8,13-18,22,32H,9-12,19H2,1-4H3,(H,44,45)/t22-,32-/m0/s1. The number of hydrogen-bond acceptors (Lipinski definition) is 8. The van der Waals surface area contributed by atoms with Crippen molar-refractivity contribution < 1.29 is 42.1 Å². The van der Waals surface area contributed by atoms with E-state index in [-0.39, 0.29) is 17.7 Å². The number of carbonyl (C=O) groups excluding carboxylic acids is 1. The fraction of sp³-hybridized carbons (Fsp3) is 0.333. The van der Waals surface area contributed by atoms with Crippen LogP contribution in [0.4, 0.5) is 23.9 Å². The number of aromatic nitrogens is 2. The maximum absolute atomic E-state index is 13.7. The Hall–Kier alpha value is -5.17. The van der Waals surface area contributed by atoms with Crippen LogP contribution in [0.5, 0.6) is 5.75 Å². The van der Waals surface area contributed by atoms with Crippen molar-refractivity contribution in [2.75, 3.05) is 38.3 Å². The topological polar surface area (TPSA) is 114 Å². The minimum absolute atomic E-state index is 0.0244. The molecule has 6 rings (SSSR count). The molecule has 0 saturated carbocycles. The van der Waals surface area contributed by atoms with Gasteiger partial charge < -0.3 is 24.2 Å². The predicted molar refractivity (Wildman–Crippen MR) is 175 cm³/mol. The summed E-state index contributed by atoms with van der Waals surface area (Å²) in [4.78, 5) is 38.0. The summed E-state index contributed by atoms with van der Waals surface area (Å²) in [5.74, 6) is -0.0586. The third-order valence-corrected chi connectivity index (χ3v) is 8.89. The second kappa shape index (κ2) is 13.4. The van der Waals surface area contributed by atoms with Gasteiger partial charge in [-0.3, -0.25) is 4.90 Å². The smallest absolute Gasteiger partial charge is 0.416 e. The van der Waals surface area contributed by atoms with Gasteiger partial charge >= 0.3 is 18.2 Å². The van der Waals surface area contributed by atoms with Gasteiger partial charge in [0.1, 0.15) is 11.9 Å². The molecule has 1 N–H and O–H groups in total. The van der Waals surface area contributed by atoms with E-state index >= 15 is 0 Å². The summed E-state index contributed by atoms with van der Waals surface area (Å²) in [6.45, 7) is 7.27. The highest BCUT2D eigenvalue weighted by molar-refractivity contribution is 5.89. The van der Waals surface area contributed by atoms with Crippen LogP contribution in [0, 0.1) is 13.8 Å². The number of carboxylic acids is 1. The lowest BCUT2D eigenvalue weighted by atomic mass is 9.94. The molecule has 0 unspecified atom stereocenters. The summed E-state index contributed by atoms with van der Waals surface area (Å²) in [5.41, 5.74) is 4.09. The zero-order chi connectivity index (χ0) is 35.0. The van der Waals surface area contributed by atoms with Crippen LogP contribution in [0.25, 0.3) is 22.3 Å². The van der Waals surface area contributed by atoms with Crippen LogP contribution in [-0.4, -0.2) is 71.5 Å². The van der Waals surface area contributed by atoms with E-state index in [9.17, 15) is 27.9 Å². The summed E-state index contributed by atoms with van der Waals surface area (Å²) in [6.07, 6.45) is -4.50. The van der Waals surface area contributed by atoms with E-state index in [4.69, 9.17) is 19.2 Å². The number of hydrogen-bond donors (Lipinski definition) is 1. The first-order valence-corrected chi connectivity index (χ1v) is 15.7. The maximum Gasteiger partial charge on any atom is 0.416 e. The zero-order valence-corrected chi connectivity index (χ0v) is 27.4. The second-order valence-electron chi connectivity index (χ2n) is 12.2. The fourth-order valence-corrected chi connectivity index (χ4v) is 6.34. The van der Waals surface area contributed by atoms with E-state index in [1.54, 1.807) is 50.4 Å². The fourth-order valence-electron chi connectivity index (χ4n) is 6.34. The van der Waals surface area contributed by atoms with E-state index in [1.165, 1.54) is 12.0 Å². The third kappa shape index (κ3) is 6.89. The van der Waals surface area contributed by atoms with Crippen molar-refractivity contribution in [3.05, 3.63) is 94.3 Å². The second-order valence-corrected chi connectivity index (χ2v) is 12.2. The van der Waals surface area contributed by atoms with Crippen molar-refractivity contribution in [3.8, 4) is 28.0 Å². The van der Waals surface area contributed by atoms with Crippen LogP contribution in [0.2, 0.25) is 0 Å². The van der Waals surface area contributed by atoms with E-state index in [0.29, 0.717) is 60.4 Å². The van der Waals surface area contributed by atoms with Crippen molar-refractivity contribution in [1.82, 2.24) is 14.9 Å². The van der Waals surface area contributed by atoms with Gasteiger partial charge in [-0.2, -0.15) is 13.2 Å². The summed E-state index contributed by atoms with van der Waals surface area (Å²) in [7, 11) is 1.54. The number of cyclic esters (lactones) is 1. The summed E-state index contributed by atoms with van der Waals surface area (Å²) in [5, 5.41) is 9.45. The first-order chi connectivity index (χ1) is 23.3. The number of nitrogens with zero attached hydrogens (tertiary/aromatic N) is 4. The lowest BCUT2D eigenvalue weighted by Gasteiger charge is -2.28. The molecule has 4 aromatic rings. The van der Waals surface area contributed by atoms with Crippen LogP contribution in [0.1, 0.15) is 51.3 Å². The van der Waals surface area contributed by atoms with E-state index < -0.39 is 35.9 Å².